The fourth-order valence-electron chi connectivity index (χ4n) is 1.30. The molecule has 0 unspecified atom stereocenters. The Morgan fingerprint density at radius 2 is 1.86 bits per heavy atom. The van der Waals surface area contributed by atoms with E-state index in [1.165, 1.54) is 18.7 Å². The normalized spacial score (nSPS) is 10.3. The van der Waals surface area contributed by atoms with Crippen LogP contribution < -0.4 is 0 Å². The summed E-state index contributed by atoms with van der Waals surface area (Å²) in [6, 6.07) is 3.58. The molecule has 0 N–H and O–H groups in total. The molecule has 0 aromatic heterocycles. The number of hydrogen-bond acceptors (Lipinski definition) is 2. The third kappa shape index (κ3) is 2.84. The molecule has 1 aromatic carbocycles. The lowest BCUT2D eigenvalue weighted by Gasteiger charge is -2.05. The first-order valence-corrected chi connectivity index (χ1v) is 5.38. The van der Waals surface area contributed by atoms with Gasteiger partial charge in [0.05, 0.1) is 0 Å². The van der Waals surface area contributed by atoms with Gasteiger partial charge in [-0.1, -0.05) is 23.9 Å². The van der Waals surface area contributed by atoms with Gasteiger partial charge in [0.15, 0.2) is 5.12 Å². The van der Waals surface area contributed by atoms with Crippen molar-refractivity contribution in [2.24, 2.45) is 0 Å². The lowest BCUT2D eigenvalue weighted by Crippen LogP contribution is -1.92. The van der Waals surface area contributed by atoms with E-state index in [9.17, 15) is 9.18 Å². The molecule has 0 atom stereocenters. The van der Waals surface area contributed by atoms with Crippen molar-refractivity contribution in [3.8, 4) is 0 Å². The van der Waals surface area contributed by atoms with Gasteiger partial charge in [-0.2, -0.15) is 0 Å². The molecular weight excluding hydrogens is 199 g/mol. The van der Waals surface area contributed by atoms with E-state index in [-0.39, 0.29) is 10.9 Å². The van der Waals surface area contributed by atoms with E-state index in [2.05, 4.69) is 0 Å². The highest BCUT2D eigenvalue weighted by Gasteiger charge is 2.04. The predicted octanol–water partition coefficient (Wildman–Crippen LogP) is 3.22. The molecule has 3 heteroatoms. The van der Waals surface area contributed by atoms with Crippen LogP contribution in [-0.4, -0.2) is 5.12 Å². The van der Waals surface area contributed by atoms with E-state index in [0.29, 0.717) is 16.9 Å². The number of rotatable bonds is 2. The molecule has 0 aliphatic carbocycles. The molecule has 0 aliphatic rings. The SMILES string of the molecule is CC(=O)SCc1cc(C)c(F)c(C)c1. The smallest absolute Gasteiger partial charge is 0.186 e. The first-order chi connectivity index (χ1) is 6.50. The third-order valence-corrected chi connectivity index (χ3v) is 2.82. The van der Waals surface area contributed by atoms with Crippen molar-refractivity contribution >= 4 is 16.9 Å². The molecule has 0 saturated carbocycles. The highest BCUT2D eigenvalue weighted by molar-refractivity contribution is 8.12. The van der Waals surface area contributed by atoms with E-state index in [4.69, 9.17) is 0 Å². The number of halogens is 1. The Balaban J connectivity index is 2.84. The zero-order valence-electron chi connectivity index (χ0n) is 8.56. The number of carbonyl (C=O) groups excluding carboxylic acids is 1. The molecule has 76 valence electrons. The van der Waals surface area contributed by atoms with E-state index in [0.717, 1.165) is 5.56 Å². The van der Waals surface area contributed by atoms with Crippen LogP contribution in [0.4, 0.5) is 4.39 Å². The van der Waals surface area contributed by atoms with Crippen molar-refractivity contribution in [3.05, 3.63) is 34.6 Å². The van der Waals surface area contributed by atoms with Gasteiger partial charge in [-0.3, -0.25) is 4.79 Å². The summed E-state index contributed by atoms with van der Waals surface area (Å²) in [6.07, 6.45) is 0. The molecule has 0 bridgehead atoms. The number of carbonyl (C=O) groups is 1. The molecule has 1 rings (SSSR count). The summed E-state index contributed by atoms with van der Waals surface area (Å²) in [5.41, 5.74) is 2.29. The average molecular weight is 212 g/mol. The van der Waals surface area contributed by atoms with Gasteiger partial charge < -0.3 is 0 Å². The van der Waals surface area contributed by atoms with Crippen LogP contribution in [0.5, 0.6) is 0 Å². The van der Waals surface area contributed by atoms with Crippen LogP contribution in [0.1, 0.15) is 23.6 Å². The largest absolute Gasteiger partial charge is 0.288 e. The second-order valence-corrected chi connectivity index (χ2v) is 4.48. The highest BCUT2D eigenvalue weighted by atomic mass is 32.2. The Labute approximate surface area is 87.7 Å². The molecule has 0 heterocycles. The summed E-state index contributed by atoms with van der Waals surface area (Å²) in [6.45, 7) is 5.02. The van der Waals surface area contributed by atoms with Crippen molar-refractivity contribution in [1.29, 1.82) is 0 Å². The van der Waals surface area contributed by atoms with Crippen LogP contribution in [0.2, 0.25) is 0 Å². The molecule has 0 radical (unpaired) electrons. The monoisotopic (exact) mass is 212 g/mol. The van der Waals surface area contributed by atoms with E-state index >= 15 is 0 Å². The van der Waals surface area contributed by atoms with E-state index < -0.39 is 0 Å². The Morgan fingerprint density at radius 3 is 2.29 bits per heavy atom. The summed E-state index contributed by atoms with van der Waals surface area (Å²) in [5.74, 6) is 0.471. The predicted molar refractivity (Wildman–Crippen MR) is 57.9 cm³/mol. The van der Waals surface area contributed by atoms with E-state index in [1.807, 2.05) is 0 Å². The topological polar surface area (TPSA) is 17.1 Å². The molecule has 0 amide bonds. The van der Waals surface area contributed by atoms with Crippen LogP contribution in [0, 0.1) is 19.7 Å². The van der Waals surface area contributed by atoms with Gasteiger partial charge in [0, 0.05) is 12.7 Å². The average Bonchev–Trinajstić information content (AvgIpc) is 2.10. The van der Waals surface area contributed by atoms with Gasteiger partial charge in [-0.05, 0) is 30.5 Å². The lowest BCUT2D eigenvalue weighted by atomic mass is 10.1. The summed E-state index contributed by atoms with van der Waals surface area (Å²) >= 11 is 1.25. The number of benzene rings is 1. The van der Waals surface area contributed by atoms with E-state index in [1.54, 1.807) is 26.0 Å². The quantitative estimate of drug-likeness (QED) is 0.748. The number of aryl methyl sites for hydroxylation is 2. The summed E-state index contributed by atoms with van der Waals surface area (Å²) < 4.78 is 13.2. The van der Waals surface area contributed by atoms with Crippen molar-refractivity contribution in [2.45, 2.75) is 26.5 Å². The van der Waals surface area contributed by atoms with Crippen molar-refractivity contribution < 1.29 is 9.18 Å². The zero-order valence-corrected chi connectivity index (χ0v) is 9.37. The third-order valence-electron chi connectivity index (χ3n) is 1.94. The van der Waals surface area contributed by atoms with Crippen LogP contribution in [0.25, 0.3) is 0 Å². The van der Waals surface area contributed by atoms with Gasteiger partial charge in [0.2, 0.25) is 0 Å². The van der Waals surface area contributed by atoms with Crippen molar-refractivity contribution in [3.63, 3.8) is 0 Å². The first kappa shape index (κ1) is 11.2. The Morgan fingerprint density at radius 1 is 1.36 bits per heavy atom. The van der Waals surface area contributed by atoms with Gasteiger partial charge in [0.1, 0.15) is 5.82 Å². The van der Waals surface area contributed by atoms with Crippen molar-refractivity contribution in [2.75, 3.05) is 0 Å². The summed E-state index contributed by atoms with van der Waals surface area (Å²) in [4.78, 5) is 10.7. The first-order valence-electron chi connectivity index (χ1n) is 4.39. The molecular formula is C11H13FOS. The van der Waals surface area contributed by atoms with Crippen molar-refractivity contribution in [1.82, 2.24) is 0 Å². The highest BCUT2D eigenvalue weighted by Crippen LogP contribution is 2.19. The standard InChI is InChI=1S/C11H13FOS/c1-7-4-10(6-14-9(3)13)5-8(2)11(7)12/h4-5H,6H2,1-3H3. The minimum absolute atomic E-state index is 0.0876. The summed E-state index contributed by atoms with van der Waals surface area (Å²) in [5, 5.41) is 0.0876. The molecule has 1 aromatic rings. The number of hydrogen-bond donors (Lipinski definition) is 0. The maximum absolute atomic E-state index is 13.2. The fraction of sp³-hybridized carbons (Fsp3) is 0.364. The van der Waals surface area contributed by atoms with Gasteiger partial charge >= 0.3 is 0 Å². The molecule has 1 nitrogen and oxygen atoms in total. The molecule has 14 heavy (non-hydrogen) atoms. The van der Waals surface area contributed by atoms with Crippen LogP contribution in [-0.2, 0) is 10.5 Å². The Kier molecular flexibility index (Phi) is 3.69. The maximum Gasteiger partial charge on any atom is 0.186 e. The van der Waals surface area contributed by atoms with Crippen LogP contribution in [0.15, 0.2) is 12.1 Å². The molecule has 0 aliphatic heterocycles. The minimum Gasteiger partial charge on any atom is -0.288 e. The molecule has 0 spiro atoms. The van der Waals surface area contributed by atoms with Crippen LogP contribution >= 0.6 is 11.8 Å². The summed E-state index contributed by atoms with van der Waals surface area (Å²) in [7, 11) is 0. The number of thioether (sulfide) groups is 1. The zero-order chi connectivity index (χ0) is 10.7. The maximum atomic E-state index is 13.2. The fourth-order valence-corrected chi connectivity index (χ4v) is 1.84. The molecule has 0 fully saturated rings. The minimum atomic E-state index is -0.151. The second kappa shape index (κ2) is 4.60. The van der Waals surface area contributed by atoms with Gasteiger partial charge in [0.25, 0.3) is 0 Å². The Hall–Kier alpha value is -0.830. The Bertz CT molecular complexity index is 337. The van der Waals surface area contributed by atoms with Crippen LogP contribution in [0.3, 0.4) is 0 Å². The molecule has 0 saturated heterocycles. The second-order valence-electron chi connectivity index (χ2n) is 3.32. The lowest BCUT2D eigenvalue weighted by molar-refractivity contribution is -0.109. The van der Waals surface area contributed by atoms with Gasteiger partial charge in [-0.25, -0.2) is 4.39 Å². The van der Waals surface area contributed by atoms with Gasteiger partial charge in [-0.15, -0.1) is 0 Å².